The molecule has 0 radical (unpaired) electrons. The van der Waals surface area contributed by atoms with Crippen molar-refractivity contribution in [3.8, 4) is 0 Å². The third-order valence-corrected chi connectivity index (χ3v) is 5.78. The van der Waals surface area contributed by atoms with Gasteiger partial charge in [-0.1, -0.05) is 53.7 Å². The molecule has 1 aliphatic carbocycles. The molecule has 2 atom stereocenters. The summed E-state index contributed by atoms with van der Waals surface area (Å²) in [7, 11) is 0. The predicted octanol–water partition coefficient (Wildman–Crippen LogP) is 5.83. The molecule has 0 bridgehead atoms. The van der Waals surface area contributed by atoms with E-state index in [1.54, 1.807) is 30.3 Å². The fourth-order valence-electron chi connectivity index (χ4n) is 3.45. The van der Waals surface area contributed by atoms with Crippen molar-refractivity contribution < 1.29 is 28.7 Å². The number of oxime groups is 1. The van der Waals surface area contributed by atoms with Gasteiger partial charge in [0.25, 0.3) is 0 Å². The summed E-state index contributed by atoms with van der Waals surface area (Å²) in [4.78, 5) is 28.6. The number of nitrogens with zero attached hydrogens (tertiary/aromatic N) is 1. The van der Waals surface area contributed by atoms with Gasteiger partial charge in [0.1, 0.15) is 23.0 Å². The van der Waals surface area contributed by atoms with Gasteiger partial charge in [0.05, 0.1) is 17.3 Å². The zero-order valence-corrected chi connectivity index (χ0v) is 19.4. The number of carboxylic acids is 1. The molecule has 8 heteroatoms. The molecule has 1 N–H and O–H groups in total. The standard InChI is InChI=1S/C26H25ClFNO5/c1-18(28)9-8-14-26(27)22(24(30)31)15-21(29-33-17-19-10-4-2-5-11-19)16-23(26)34-25(32)20-12-6-3-7-13-20/h2-7,10-13,15-16,18H,8-9,14,17H2,1H3,(H,30,31)/t18?,26-/m0/s1. The summed E-state index contributed by atoms with van der Waals surface area (Å²) in [5.74, 6) is -2.11. The van der Waals surface area contributed by atoms with Crippen molar-refractivity contribution >= 4 is 29.3 Å². The topological polar surface area (TPSA) is 85.2 Å². The lowest BCUT2D eigenvalue weighted by molar-refractivity contribution is -0.133. The van der Waals surface area contributed by atoms with Gasteiger partial charge in [0.15, 0.2) is 0 Å². The number of carbonyl (C=O) groups excluding carboxylic acids is 1. The minimum Gasteiger partial charge on any atom is -0.478 e. The summed E-state index contributed by atoms with van der Waals surface area (Å²) in [6, 6.07) is 17.5. The van der Waals surface area contributed by atoms with Crippen molar-refractivity contribution in [1.82, 2.24) is 0 Å². The summed E-state index contributed by atoms with van der Waals surface area (Å²) in [5.41, 5.74) is 1.03. The Morgan fingerprint density at radius 3 is 2.35 bits per heavy atom. The number of carbonyl (C=O) groups is 2. The molecule has 2 aromatic rings. The Morgan fingerprint density at radius 1 is 1.09 bits per heavy atom. The quantitative estimate of drug-likeness (QED) is 0.260. The first-order chi connectivity index (χ1) is 16.3. The maximum absolute atomic E-state index is 13.4. The average molecular weight is 486 g/mol. The van der Waals surface area contributed by atoms with Crippen LogP contribution in [0.15, 0.2) is 89.3 Å². The number of ether oxygens (including phenoxy) is 1. The Labute approximate surface area is 202 Å². The van der Waals surface area contributed by atoms with Gasteiger partial charge in [-0.15, -0.1) is 11.6 Å². The number of esters is 1. The van der Waals surface area contributed by atoms with E-state index in [1.165, 1.54) is 19.1 Å². The fourth-order valence-corrected chi connectivity index (χ4v) is 3.82. The van der Waals surface area contributed by atoms with E-state index < -0.39 is 23.0 Å². The second kappa shape index (κ2) is 11.6. The van der Waals surface area contributed by atoms with Gasteiger partial charge in [-0.25, -0.2) is 14.0 Å². The lowest BCUT2D eigenvalue weighted by Gasteiger charge is -2.32. The van der Waals surface area contributed by atoms with E-state index in [0.29, 0.717) is 0 Å². The highest BCUT2D eigenvalue weighted by Crippen LogP contribution is 2.42. The van der Waals surface area contributed by atoms with E-state index in [2.05, 4.69) is 5.16 Å². The van der Waals surface area contributed by atoms with E-state index in [4.69, 9.17) is 21.2 Å². The van der Waals surface area contributed by atoms with Gasteiger partial charge in [-0.3, -0.25) is 0 Å². The molecule has 0 aromatic heterocycles. The SMILES string of the molecule is CC(F)CCC[C@@]1(Cl)C(OC(=O)c2ccccc2)=CC(=NOCc2ccccc2)C=C1C(=O)O. The van der Waals surface area contributed by atoms with Gasteiger partial charge in [0, 0.05) is 6.08 Å². The van der Waals surface area contributed by atoms with Crippen molar-refractivity contribution in [1.29, 1.82) is 0 Å². The number of halogens is 2. The molecule has 34 heavy (non-hydrogen) atoms. The first kappa shape index (κ1) is 25.2. The number of hydrogen-bond donors (Lipinski definition) is 1. The van der Waals surface area contributed by atoms with Crippen molar-refractivity contribution in [3.05, 3.63) is 95.3 Å². The van der Waals surface area contributed by atoms with E-state index >= 15 is 0 Å². The number of allylic oxidation sites excluding steroid dienone is 3. The van der Waals surface area contributed by atoms with Gasteiger partial charge >= 0.3 is 11.9 Å². The summed E-state index contributed by atoms with van der Waals surface area (Å²) in [5, 5.41) is 13.9. The summed E-state index contributed by atoms with van der Waals surface area (Å²) >= 11 is 6.80. The average Bonchev–Trinajstić information content (AvgIpc) is 2.82. The molecule has 3 rings (SSSR count). The number of carboxylic acid groups (broad SMARTS) is 1. The van der Waals surface area contributed by atoms with Crippen LogP contribution in [0, 0.1) is 0 Å². The van der Waals surface area contributed by atoms with Gasteiger partial charge in [-0.2, -0.15) is 0 Å². The normalized spacial score (nSPS) is 19.7. The Morgan fingerprint density at radius 2 is 1.74 bits per heavy atom. The molecule has 0 saturated heterocycles. The number of hydrogen-bond acceptors (Lipinski definition) is 5. The van der Waals surface area contributed by atoms with Crippen molar-refractivity contribution in [2.24, 2.45) is 5.16 Å². The minimum atomic E-state index is -1.68. The van der Waals surface area contributed by atoms with Crippen molar-refractivity contribution in [2.75, 3.05) is 0 Å². The second-order valence-electron chi connectivity index (χ2n) is 7.88. The molecule has 0 spiro atoms. The summed E-state index contributed by atoms with van der Waals surface area (Å²) < 4.78 is 19.0. The summed E-state index contributed by atoms with van der Waals surface area (Å²) in [6.45, 7) is 1.57. The Kier molecular flexibility index (Phi) is 8.60. The van der Waals surface area contributed by atoms with Crippen LogP contribution in [-0.2, 0) is 21.0 Å². The molecular formula is C26H25ClFNO5. The fraction of sp³-hybridized carbons (Fsp3) is 0.269. The zero-order valence-electron chi connectivity index (χ0n) is 18.6. The number of benzene rings is 2. The zero-order chi connectivity index (χ0) is 24.6. The second-order valence-corrected chi connectivity index (χ2v) is 8.52. The van der Waals surface area contributed by atoms with Crippen LogP contribution < -0.4 is 0 Å². The van der Waals surface area contributed by atoms with Gasteiger partial charge in [-0.05, 0) is 50.0 Å². The highest BCUT2D eigenvalue weighted by Gasteiger charge is 2.45. The molecule has 178 valence electrons. The molecule has 6 nitrogen and oxygen atoms in total. The van der Waals surface area contributed by atoms with Crippen LogP contribution in [0.4, 0.5) is 4.39 Å². The van der Waals surface area contributed by atoms with Crippen LogP contribution in [0.25, 0.3) is 0 Å². The lowest BCUT2D eigenvalue weighted by atomic mass is 9.85. The van der Waals surface area contributed by atoms with Crippen LogP contribution in [0.1, 0.15) is 42.1 Å². The monoisotopic (exact) mass is 485 g/mol. The molecule has 0 saturated carbocycles. The van der Waals surface area contributed by atoms with Crippen molar-refractivity contribution in [2.45, 2.75) is 43.8 Å². The molecule has 0 amide bonds. The van der Waals surface area contributed by atoms with Gasteiger partial charge < -0.3 is 14.7 Å². The lowest BCUT2D eigenvalue weighted by Crippen LogP contribution is -2.37. The smallest absolute Gasteiger partial charge is 0.343 e. The maximum atomic E-state index is 13.4. The Balaban J connectivity index is 1.91. The Bertz CT molecular complexity index is 1100. The highest BCUT2D eigenvalue weighted by atomic mass is 35.5. The maximum Gasteiger partial charge on any atom is 0.343 e. The van der Waals surface area contributed by atoms with Crippen LogP contribution in [-0.4, -0.2) is 33.8 Å². The van der Waals surface area contributed by atoms with E-state index in [-0.39, 0.29) is 48.5 Å². The Hall–Kier alpha value is -3.45. The summed E-state index contributed by atoms with van der Waals surface area (Å²) in [6.07, 6.45) is 2.09. The van der Waals surface area contributed by atoms with E-state index in [1.807, 2.05) is 30.3 Å². The third kappa shape index (κ3) is 6.54. The largest absolute Gasteiger partial charge is 0.478 e. The number of rotatable bonds is 10. The first-order valence-electron chi connectivity index (χ1n) is 10.8. The highest BCUT2D eigenvalue weighted by molar-refractivity contribution is 6.33. The molecule has 1 unspecified atom stereocenters. The molecule has 1 aliphatic rings. The molecule has 0 fully saturated rings. The molecule has 2 aromatic carbocycles. The third-order valence-electron chi connectivity index (χ3n) is 5.20. The van der Waals surface area contributed by atoms with E-state index in [0.717, 1.165) is 5.56 Å². The van der Waals surface area contributed by atoms with Crippen molar-refractivity contribution in [3.63, 3.8) is 0 Å². The van der Waals surface area contributed by atoms with E-state index in [9.17, 15) is 19.1 Å². The van der Waals surface area contributed by atoms with Crippen LogP contribution in [0.5, 0.6) is 0 Å². The predicted molar refractivity (Wildman–Crippen MR) is 127 cm³/mol. The number of aliphatic carboxylic acids is 1. The molecule has 0 heterocycles. The number of alkyl halides is 2. The van der Waals surface area contributed by atoms with Crippen LogP contribution in [0.3, 0.4) is 0 Å². The van der Waals surface area contributed by atoms with Crippen LogP contribution >= 0.6 is 11.6 Å². The van der Waals surface area contributed by atoms with Gasteiger partial charge in [0.2, 0.25) is 0 Å². The minimum absolute atomic E-state index is 0.0486. The molecule has 0 aliphatic heterocycles. The molecular weight excluding hydrogens is 461 g/mol. The first-order valence-corrected chi connectivity index (χ1v) is 11.2. The van der Waals surface area contributed by atoms with Crippen LogP contribution in [0.2, 0.25) is 0 Å².